The first-order valence-electron chi connectivity index (χ1n) is 5.93. The van der Waals surface area contributed by atoms with Crippen LogP contribution in [0, 0.1) is 0 Å². The van der Waals surface area contributed by atoms with Gasteiger partial charge in [-0.15, -0.1) is 0 Å². The molecule has 0 aliphatic carbocycles. The molecule has 0 spiro atoms. The topological polar surface area (TPSA) is 105 Å². The second-order valence-electron chi connectivity index (χ2n) is 4.12. The van der Waals surface area contributed by atoms with Crippen LogP contribution in [0.2, 0.25) is 0 Å². The Hall–Kier alpha value is -2.19. The number of nitrogens with one attached hydrogen (secondary N) is 3. The number of nitrogens with zero attached hydrogens (tertiary/aromatic N) is 3. The molecule has 0 atom stereocenters. The minimum absolute atomic E-state index is 0.330. The number of aromatic amines is 1. The van der Waals surface area contributed by atoms with Gasteiger partial charge in [0.15, 0.2) is 5.65 Å². The fourth-order valence-corrected chi connectivity index (χ4v) is 2.28. The van der Waals surface area contributed by atoms with Crippen LogP contribution >= 0.6 is 15.9 Å². The third-order valence-corrected chi connectivity index (χ3v) is 3.62. The fourth-order valence-electron chi connectivity index (χ4n) is 1.85. The third kappa shape index (κ3) is 2.43. The predicted molar refractivity (Wildman–Crippen MR) is 81.0 cm³/mol. The van der Waals surface area contributed by atoms with E-state index in [1.54, 1.807) is 6.20 Å². The summed E-state index contributed by atoms with van der Waals surface area (Å²) in [4.78, 5) is 8.48. The smallest absolute Gasteiger partial charge is 0.241 e. The number of nitrogens with two attached hydrogens (primary N) is 1. The highest BCUT2D eigenvalue weighted by atomic mass is 79.9. The molecule has 7 nitrogen and oxygen atoms in total. The van der Waals surface area contributed by atoms with E-state index in [-0.39, 0.29) is 0 Å². The Morgan fingerprint density at radius 2 is 2.10 bits per heavy atom. The summed E-state index contributed by atoms with van der Waals surface area (Å²) in [5, 5.41) is 10.8. The molecule has 3 rings (SSSR count). The van der Waals surface area contributed by atoms with Gasteiger partial charge < -0.3 is 5.32 Å². The Morgan fingerprint density at radius 3 is 2.90 bits per heavy atom. The number of anilines is 2. The Labute approximate surface area is 123 Å². The lowest BCUT2D eigenvalue weighted by Gasteiger charge is -2.09. The summed E-state index contributed by atoms with van der Waals surface area (Å²) in [5.41, 5.74) is 4.20. The van der Waals surface area contributed by atoms with Crippen LogP contribution in [-0.2, 0) is 6.54 Å². The van der Waals surface area contributed by atoms with Crippen LogP contribution in [0.4, 0.5) is 11.8 Å². The van der Waals surface area contributed by atoms with Gasteiger partial charge in [-0.05, 0) is 11.6 Å². The molecule has 5 N–H and O–H groups in total. The molecular formula is C12H12BrN7. The SMILES string of the molecule is NNc1nc(NCc2ccccc2Br)c2cn[nH]c2n1. The van der Waals surface area contributed by atoms with Crippen molar-refractivity contribution in [3.63, 3.8) is 0 Å². The molecule has 8 heteroatoms. The predicted octanol–water partition coefficient (Wildman–Crippen LogP) is 2.01. The maximum absolute atomic E-state index is 5.37. The van der Waals surface area contributed by atoms with Gasteiger partial charge in [0, 0.05) is 11.0 Å². The zero-order chi connectivity index (χ0) is 13.9. The van der Waals surface area contributed by atoms with E-state index in [0.29, 0.717) is 24.0 Å². The average Bonchev–Trinajstić information content (AvgIpc) is 2.94. The number of fused-ring (bicyclic) bond motifs is 1. The molecule has 0 radical (unpaired) electrons. The number of hydrogen-bond donors (Lipinski definition) is 4. The van der Waals surface area contributed by atoms with Crippen LogP contribution in [0.1, 0.15) is 5.56 Å². The van der Waals surface area contributed by atoms with Gasteiger partial charge in [-0.1, -0.05) is 34.1 Å². The maximum atomic E-state index is 5.37. The van der Waals surface area contributed by atoms with Gasteiger partial charge in [-0.3, -0.25) is 10.5 Å². The Kier molecular flexibility index (Phi) is 3.48. The monoisotopic (exact) mass is 333 g/mol. The molecule has 0 bridgehead atoms. The average molecular weight is 334 g/mol. The molecule has 0 saturated heterocycles. The molecular weight excluding hydrogens is 322 g/mol. The Morgan fingerprint density at radius 1 is 1.25 bits per heavy atom. The summed E-state index contributed by atoms with van der Waals surface area (Å²) >= 11 is 3.52. The first-order chi connectivity index (χ1) is 9.78. The lowest BCUT2D eigenvalue weighted by Crippen LogP contribution is -2.12. The summed E-state index contributed by atoms with van der Waals surface area (Å²) in [6, 6.07) is 8.00. The number of halogens is 1. The first-order valence-corrected chi connectivity index (χ1v) is 6.72. The Balaban J connectivity index is 1.90. The molecule has 2 aromatic heterocycles. The standard InChI is InChI=1S/C12H12BrN7/c13-9-4-2-1-3-7(9)5-15-10-8-6-16-20-11(8)18-12(17-10)19-14/h1-4,6H,5,14H2,(H3,15,16,17,18,19,20). The van der Waals surface area contributed by atoms with Gasteiger partial charge in [0.1, 0.15) is 5.82 Å². The molecule has 102 valence electrons. The number of benzene rings is 1. The zero-order valence-electron chi connectivity index (χ0n) is 10.4. The fraction of sp³-hybridized carbons (Fsp3) is 0.0833. The number of rotatable bonds is 4. The van der Waals surface area contributed by atoms with Gasteiger partial charge in [0.25, 0.3) is 0 Å². The lowest BCUT2D eigenvalue weighted by molar-refractivity contribution is 1.06. The summed E-state index contributed by atoms with van der Waals surface area (Å²) in [6.07, 6.45) is 1.68. The van der Waals surface area contributed by atoms with Gasteiger partial charge in [0.05, 0.1) is 11.6 Å². The number of hydrogen-bond acceptors (Lipinski definition) is 6. The molecule has 0 amide bonds. The highest BCUT2D eigenvalue weighted by Gasteiger charge is 2.09. The summed E-state index contributed by atoms with van der Waals surface area (Å²) in [5.74, 6) is 6.37. The maximum Gasteiger partial charge on any atom is 0.241 e. The summed E-state index contributed by atoms with van der Waals surface area (Å²) in [6.45, 7) is 0.628. The van der Waals surface area contributed by atoms with Crippen LogP contribution in [0.3, 0.4) is 0 Å². The van der Waals surface area contributed by atoms with Crippen molar-refractivity contribution in [2.45, 2.75) is 6.54 Å². The van der Waals surface area contributed by atoms with Gasteiger partial charge in [0.2, 0.25) is 5.95 Å². The normalized spacial score (nSPS) is 10.7. The molecule has 0 fully saturated rings. The summed E-state index contributed by atoms with van der Waals surface area (Å²) < 4.78 is 1.04. The van der Waals surface area contributed by atoms with Crippen molar-refractivity contribution in [3.05, 3.63) is 40.5 Å². The number of aromatic nitrogens is 4. The first kappa shape index (κ1) is 12.8. The van der Waals surface area contributed by atoms with Crippen molar-refractivity contribution in [2.75, 3.05) is 10.7 Å². The van der Waals surface area contributed by atoms with E-state index in [1.165, 1.54) is 0 Å². The molecule has 2 heterocycles. The zero-order valence-corrected chi connectivity index (χ0v) is 12.0. The largest absolute Gasteiger partial charge is 0.365 e. The number of nitrogen functional groups attached to an aromatic ring is 1. The highest BCUT2D eigenvalue weighted by Crippen LogP contribution is 2.22. The quantitative estimate of drug-likeness (QED) is 0.430. The van der Waals surface area contributed by atoms with Crippen LogP contribution in [0.5, 0.6) is 0 Å². The van der Waals surface area contributed by atoms with E-state index in [0.717, 1.165) is 15.4 Å². The van der Waals surface area contributed by atoms with E-state index in [1.807, 2.05) is 24.3 Å². The van der Waals surface area contributed by atoms with Crippen molar-refractivity contribution in [2.24, 2.45) is 5.84 Å². The second-order valence-corrected chi connectivity index (χ2v) is 4.97. The van der Waals surface area contributed by atoms with Gasteiger partial charge >= 0.3 is 0 Å². The van der Waals surface area contributed by atoms with Crippen molar-refractivity contribution in [1.82, 2.24) is 20.2 Å². The van der Waals surface area contributed by atoms with Crippen LogP contribution in [0.15, 0.2) is 34.9 Å². The highest BCUT2D eigenvalue weighted by molar-refractivity contribution is 9.10. The Bertz CT molecular complexity index is 740. The van der Waals surface area contributed by atoms with Crippen molar-refractivity contribution in [1.29, 1.82) is 0 Å². The van der Waals surface area contributed by atoms with E-state index < -0.39 is 0 Å². The van der Waals surface area contributed by atoms with Crippen LogP contribution in [-0.4, -0.2) is 20.2 Å². The summed E-state index contributed by atoms with van der Waals surface area (Å²) in [7, 11) is 0. The molecule has 20 heavy (non-hydrogen) atoms. The molecule has 0 aliphatic rings. The molecule has 3 aromatic rings. The van der Waals surface area contributed by atoms with Gasteiger partial charge in [-0.2, -0.15) is 15.1 Å². The van der Waals surface area contributed by atoms with Crippen molar-refractivity contribution < 1.29 is 0 Å². The van der Waals surface area contributed by atoms with Gasteiger partial charge in [-0.25, -0.2) is 5.84 Å². The van der Waals surface area contributed by atoms with E-state index >= 15 is 0 Å². The van der Waals surface area contributed by atoms with Crippen molar-refractivity contribution in [3.8, 4) is 0 Å². The van der Waals surface area contributed by atoms with Crippen LogP contribution in [0.25, 0.3) is 11.0 Å². The second kappa shape index (κ2) is 5.43. The molecule has 0 unspecified atom stereocenters. The lowest BCUT2D eigenvalue weighted by atomic mass is 10.2. The third-order valence-electron chi connectivity index (χ3n) is 2.84. The number of H-pyrrole nitrogens is 1. The minimum atomic E-state index is 0.330. The molecule has 1 aromatic carbocycles. The minimum Gasteiger partial charge on any atom is -0.365 e. The van der Waals surface area contributed by atoms with E-state index in [9.17, 15) is 0 Å². The number of hydrazine groups is 1. The molecule has 0 saturated carbocycles. The van der Waals surface area contributed by atoms with E-state index in [2.05, 4.69) is 46.8 Å². The van der Waals surface area contributed by atoms with Crippen molar-refractivity contribution >= 4 is 38.7 Å². The molecule has 0 aliphatic heterocycles. The van der Waals surface area contributed by atoms with E-state index in [4.69, 9.17) is 5.84 Å². The van der Waals surface area contributed by atoms with Crippen LogP contribution < -0.4 is 16.6 Å².